The molecule has 3 fully saturated rings. The average molecular weight is 761 g/mol. The maximum atomic E-state index is 14.7. The molecule has 3 aliphatic heterocycles. The predicted molar refractivity (Wildman–Crippen MR) is 193 cm³/mol. The number of carbonyl (C=O) groups excluding carboxylic acids is 4. The lowest BCUT2D eigenvalue weighted by Gasteiger charge is -2.39. The van der Waals surface area contributed by atoms with Gasteiger partial charge in [-0.1, -0.05) is 71.8 Å². The number of hydrogen-bond acceptors (Lipinski definition) is 8. The number of aliphatic hydroxyl groups excluding tert-OH is 1. The number of allylic oxidation sites excluding steroid dienone is 1. The molecule has 3 saturated heterocycles. The molecule has 0 aromatic heterocycles. The fraction of sp³-hybridized carbons (Fsp3) is 0.632. The minimum Gasteiger partial charge on any atom is -0.455 e. The number of methoxy groups -OCH3 is 1. The summed E-state index contributed by atoms with van der Waals surface area (Å²) in [7, 11) is 1.51. The molecular weight excluding hydrogens is 706 g/mol. The van der Waals surface area contributed by atoms with Gasteiger partial charge in [-0.3, -0.25) is 19.2 Å². The number of amides is 3. The van der Waals surface area contributed by atoms with E-state index in [1.165, 1.54) is 7.11 Å². The van der Waals surface area contributed by atoms with Gasteiger partial charge in [-0.05, 0) is 51.0 Å². The molecule has 11 nitrogen and oxygen atoms in total. The lowest BCUT2D eigenvalue weighted by Crippen LogP contribution is -2.58. The summed E-state index contributed by atoms with van der Waals surface area (Å²) in [5, 5.41) is 12.4. The molecule has 1 spiro atoms. The molecule has 3 amide bonds. The standard InChI is InChI=1S/C38H54BrN3O8/c1-6-9-19-29(44)40-28(24-48-5)32(26-17-12-10-13-18-26)49-37(47)30-31-35(45)42(21-14-11-15-22-43)34(38(31)23-27(39)33(30)50-38)36(46)41(20-8-3)25(4)16-7-2/h6,8,10,12-13,17-18,25,27-28,30-34,43H,1,3,7,9,11,14-16,19-24H2,2,4-5H3,(H,40,44)/t25?,27?,28-,30+,31-,32-,33+,34+,38-/m0/s1. The van der Waals surface area contributed by atoms with Crippen molar-refractivity contribution in [3.63, 3.8) is 0 Å². The zero-order valence-corrected chi connectivity index (χ0v) is 31.2. The first kappa shape index (κ1) is 39.7. The Kier molecular flexibility index (Phi) is 14.6. The Labute approximate surface area is 304 Å². The second-order valence-electron chi connectivity index (χ2n) is 13.6. The number of fused-ring (bicyclic) bond motifs is 1. The van der Waals surface area contributed by atoms with Gasteiger partial charge in [0.05, 0.1) is 30.6 Å². The van der Waals surface area contributed by atoms with E-state index in [1.807, 2.05) is 37.3 Å². The number of ether oxygens (including phenoxy) is 3. The van der Waals surface area contributed by atoms with Crippen molar-refractivity contribution >= 4 is 39.6 Å². The number of alkyl halides is 1. The number of nitrogens with one attached hydrogen (secondary N) is 1. The van der Waals surface area contributed by atoms with Crippen molar-refractivity contribution in [2.45, 2.75) is 106 Å². The number of hydrogen-bond donors (Lipinski definition) is 2. The van der Waals surface area contributed by atoms with Crippen LogP contribution in [0.2, 0.25) is 0 Å². The third-order valence-corrected chi connectivity index (χ3v) is 11.0. The van der Waals surface area contributed by atoms with Gasteiger partial charge < -0.3 is 34.4 Å². The van der Waals surface area contributed by atoms with Crippen LogP contribution in [0.4, 0.5) is 0 Å². The third kappa shape index (κ3) is 8.35. The Hall–Kier alpha value is -3.06. The van der Waals surface area contributed by atoms with E-state index in [-0.39, 0.29) is 48.2 Å². The highest BCUT2D eigenvalue weighted by Crippen LogP contribution is 2.60. The lowest BCUT2D eigenvalue weighted by molar-refractivity contribution is -0.163. The van der Waals surface area contributed by atoms with Crippen molar-refractivity contribution in [1.29, 1.82) is 0 Å². The Bertz CT molecular complexity index is 1350. The van der Waals surface area contributed by atoms with Crippen LogP contribution in [-0.4, -0.2) is 107 Å². The molecule has 4 rings (SSSR count). The minimum absolute atomic E-state index is 0.0375. The van der Waals surface area contributed by atoms with Crippen LogP contribution in [0, 0.1) is 11.8 Å². The van der Waals surface area contributed by atoms with Crippen LogP contribution >= 0.6 is 15.9 Å². The topological polar surface area (TPSA) is 135 Å². The van der Waals surface area contributed by atoms with E-state index in [0.29, 0.717) is 50.8 Å². The van der Waals surface area contributed by atoms with Gasteiger partial charge in [0, 0.05) is 44.1 Å². The van der Waals surface area contributed by atoms with Gasteiger partial charge in [0.25, 0.3) is 0 Å². The molecule has 2 unspecified atom stereocenters. The number of aliphatic hydroxyl groups is 1. The summed E-state index contributed by atoms with van der Waals surface area (Å²) in [5.74, 6) is -3.33. The first-order valence-electron chi connectivity index (χ1n) is 17.9. The first-order valence-corrected chi connectivity index (χ1v) is 18.8. The van der Waals surface area contributed by atoms with E-state index in [1.54, 1.807) is 22.0 Å². The summed E-state index contributed by atoms with van der Waals surface area (Å²) in [6.07, 6.45) is 6.29. The van der Waals surface area contributed by atoms with Crippen molar-refractivity contribution in [2.75, 3.05) is 33.4 Å². The van der Waals surface area contributed by atoms with Crippen LogP contribution in [0.3, 0.4) is 0 Å². The second kappa shape index (κ2) is 18.4. The van der Waals surface area contributed by atoms with Crippen molar-refractivity contribution in [2.24, 2.45) is 11.8 Å². The van der Waals surface area contributed by atoms with Gasteiger partial charge >= 0.3 is 5.97 Å². The van der Waals surface area contributed by atoms with E-state index in [4.69, 9.17) is 14.2 Å². The molecule has 0 saturated carbocycles. The molecule has 276 valence electrons. The van der Waals surface area contributed by atoms with E-state index in [2.05, 4.69) is 41.3 Å². The van der Waals surface area contributed by atoms with Gasteiger partial charge in [-0.25, -0.2) is 0 Å². The van der Waals surface area contributed by atoms with Gasteiger partial charge in [0.2, 0.25) is 17.7 Å². The summed E-state index contributed by atoms with van der Waals surface area (Å²) < 4.78 is 18.5. The highest BCUT2D eigenvalue weighted by Gasteiger charge is 2.77. The number of carbonyl (C=O) groups is 4. The lowest BCUT2D eigenvalue weighted by atomic mass is 9.70. The highest BCUT2D eigenvalue weighted by molar-refractivity contribution is 9.09. The van der Waals surface area contributed by atoms with Crippen LogP contribution in [0.1, 0.15) is 76.9 Å². The molecule has 1 aromatic carbocycles. The quantitative estimate of drug-likeness (QED) is 0.0812. The molecule has 2 N–H and O–H groups in total. The normalized spacial score (nSPS) is 26.9. The molecular formula is C38H54BrN3O8. The number of unbranched alkanes of at least 4 members (excludes halogenated alkanes) is 2. The molecule has 3 heterocycles. The van der Waals surface area contributed by atoms with Crippen molar-refractivity contribution < 1.29 is 38.5 Å². The SMILES string of the molecule is C=CCCC(=O)N[C@@H](COC)[C@@H](OC(=O)[C@H]1[C@@H]2O[C@@]3(CC2Br)[C@@H]1C(=O)N(CCCCCO)[C@@H]3C(=O)N(CC=C)C(C)CCC)c1ccccc1. The van der Waals surface area contributed by atoms with Crippen LogP contribution in [-0.2, 0) is 33.4 Å². The summed E-state index contributed by atoms with van der Waals surface area (Å²) >= 11 is 3.75. The highest BCUT2D eigenvalue weighted by atomic mass is 79.9. The fourth-order valence-electron chi connectivity index (χ4n) is 7.97. The first-order chi connectivity index (χ1) is 24.1. The van der Waals surface area contributed by atoms with E-state index < -0.39 is 47.7 Å². The molecule has 3 aliphatic rings. The smallest absolute Gasteiger partial charge is 0.313 e. The van der Waals surface area contributed by atoms with Crippen LogP contribution in [0.5, 0.6) is 0 Å². The van der Waals surface area contributed by atoms with Crippen molar-refractivity contribution in [1.82, 2.24) is 15.1 Å². The van der Waals surface area contributed by atoms with E-state index in [0.717, 1.165) is 12.8 Å². The molecule has 50 heavy (non-hydrogen) atoms. The van der Waals surface area contributed by atoms with E-state index in [9.17, 15) is 24.3 Å². The Morgan fingerprint density at radius 3 is 2.58 bits per heavy atom. The van der Waals surface area contributed by atoms with Gasteiger partial charge in [0.15, 0.2) is 0 Å². The predicted octanol–water partition coefficient (Wildman–Crippen LogP) is 4.48. The van der Waals surface area contributed by atoms with Gasteiger partial charge in [0.1, 0.15) is 17.7 Å². The number of halogens is 1. The summed E-state index contributed by atoms with van der Waals surface area (Å²) in [6.45, 7) is 12.4. The molecule has 1 aromatic rings. The number of benzene rings is 1. The minimum atomic E-state index is -1.24. The molecule has 12 heteroatoms. The number of nitrogens with zero attached hydrogens (tertiary/aromatic N) is 2. The zero-order valence-electron chi connectivity index (χ0n) is 29.6. The average Bonchev–Trinajstić information content (AvgIpc) is 3.70. The van der Waals surface area contributed by atoms with Crippen LogP contribution < -0.4 is 5.32 Å². The van der Waals surface area contributed by atoms with E-state index >= 15 is 0 Å². The molecule has 0 aliphatic carbocycles. The number of rotatable bonds is 21. The number of esters is 1. The maximum Gasteiger partial charge on any atom is 0.313 e. The van der Waals surface area contributed by atoms with Crippen LogP contribution in [0.25, 0.3) is 0 Å². The summed E-state index contributed by atoms with van der Waals surface area (Å²) in [4.78, 5) is 59.7. The largest absolute Gasteiger partial charge is 0.455 e. The fourth-order valence-corrected chi connectivity index (χ4v) is 8.91. The molecule has 9 atom stereocenters. The Balaban J connectivity index is 1.72. The Morgan fingerprint density at radius 1 is 1.20 bits per heavy atom. The number of likely N-dealkylation sites (tertiary alicyclic amines) is 1. The Morgan fingerprint density at radius 2 is 1.94 bits per heavy atom. The van der Waals surface area contributed by atoms with Crippen molar-refractivity contribution in [3.8, 4) is 0 Å². The summed E-state index contributed by atoms with van der Waals surface area (Å²) in [6, 6.07) is 7.37. The van der Waals surface area contributed by atoms with Gasteiger partial charge in [-0.15, -0.1) is 13.2 Å². The van der Waals surface area contributed by atoms with Crippen molar-refractivity contribution in [3.05, 3.63) is 61.2 Å². The van der Waals surface area contributed by atoms with Crippen LogP contribution in [0.15, 0.2) is 55.6 Å². The third-order valence-electron chi connectivity index (χ3n) is 10.2. The second-order valence-corrected chi connectivity index (χ2v) is 14.8. The molecule has 2 bridgehead atoms. The molecule has 0 radical (unpaired) electrons. The monoisotopic (exact) mass is 759 g/mol. The maximum absolute atomic E-state index is 14.7. The zero-order chi connectivity index (χ0) is 36.4. The van der Waals surface area contributed by atoms with Gasteiger partial charge in [-0.2, -0.15) is 0 Å². The summed E-state index contributed by atoms with van der Waals surface area (Å²) in [5.41, 5.74) is -0.589.